The van der Waals surface area contributed by atoms with Crippen LogP contribution in [0.1, 0.15) is 53.5 Å². The zero-order valence-electron chi connectivity index (χ0n) is 16.7. The van der Waals surface area contributed by atoms with Crippen LogP contribution in [0, 0.1) is 0 Å². The Morgan fingerprint density at radius 3 is 1.88 bits per heavy atom. The van der Waals surface area contributed by atoms with Gasteiger partial charge in [-0.05, 0) is 41.3 Å². The zero-order valence-corrected chi connectivity index (χ0v) is 17.5. The average molecular weight is 354 g/mol. The summed E-state index contributed by atoms with van der Waals surface area (Å²) >= 11 is 0. The summed E-state index contributed by atoms with van der Waals surface area (Å²) in [7, 11) is -0.0341. The van der Waals surface area contributed by atoms with Crippen LogP contribution in [0.15, 0.2) is 88.0 Å². The Labute approximate surface area is 158 Å². The van der Waals surface area contributed by atoms with E-state index in [-0.39, 0.29) is 16.3 Å². The lowest BCUT2D eigenvalue weighted by Gasteiger charge is -2.19. The van der Waals surface area contributed by atoms with E-state index in [4.69, 9.17) is 0 Å². The molecular formula is C24H33S+. The molecule has 0 amide bonds. The summed E-state index contributed by atoms with van der Waals surface area (Å²) < 4.78 is 0. The molecule has 0 aliphatic rings. The van der Waals surface area contributed by atoms with Crippen LogP contribution >= 0.6 is 0 Å². The monoisotopic (exact) mass is 353 g/mol. The van der Waals surface area contributed by atoms with E-state index in [1.54, 1.807) is 0 Å². The van der Waals surface area contributed by atoms with E-state index in [9.17, 15) is 0 Å². The van der Waals surface area contributed by atoms with Crippen molar-refractivity contribution in [1.29, 1.82) is 0 Å². The van der Waals surface area contributed by atoms with Gasteiger partial charge in [0.15, 0.2) is 9.79 Å². The maximum Gasteiger partial charge on any atom is 0.166 e. The van der Waals surface area contributed by atoms with Gasteiger partial charge >= 0.3 is 0 Å². The van der Waals surface area contributed by atoms with Gasteiger partial charge in [0.25, 0.3) is 0 Å². The summed E-state index contributed by atoms with van der Waals surface area (Å²) in [6.45, 7) is 16.9. The lowest BCUT2D eigenvalue weighted by atomic mass is 9.87. The van der Waals surface area contributed by atoms with Gasteiger partial charge in [-0.2, -0.15) is 0 Å². The molecule has 0 saturated heterocycles. The molecule has 1 atom stereocenters. The molecule has 0 N–H and O–H groups in total. The minimum absolute atomic E-state index is 0.0341. The topological polar surface area (TPSA) is 0 Å². The van der Waals surface area contributed by atoms with Crippen LogP contribution in [0.25, 0.3) is 0 Å². The predicted octanol–water partition coefficient (Wildman–Crippen LogP) is 7.53. The second-order valence-electron chi connectivity index (χ2n) is 6.62. The van der Waals surface area contributed by atoms with Crippen molar-refractivity contribution in [1.82, 2.24) is 0 Å². The summed E-state index contributed by atoms with van der Waals surface area (Å²) in [5, 5.41) is 0. The van der Waals surface area contributed by atoms with Crippen LogP contribution < -0.4 is 0 Å². The molecule has 134 valence electrons. The van der Waals surface area contributed by atoms with E-state index in [1.807, 2.05) is 19.9 Å². The Bertz CT molecular complexity index is 657. The zero-order chi connectivity index (χ0) is 18.9. The lowest BCUT2D eigenvalue weighted by molar-refractivity contribution is 0.589. The summed E-state index contributed by atoms with van der Waals surface area (Å²) in [6.07, 6.45) is 5.12. The van der Waals surface area contributed by atoms with Gasteiger partial charge in [0, 0.05) is 6.42 Å². The molecule has 1 unspecified atom stereocenters. The molecule has 0 spiro atoms. The molecule has 0 aliphatic heterocycles. The average Bonchev–Trinajstić information content (AvgIpc) is 2.63. The van der Waals surface area contributed by atoms with Gasteiger partial charge in [0.1, 0.15) is 4.91 Å². The van der Waals surface area contributed by atoms with Gasteiger partial charge < -0.3 is 0 Å². The summed E-state index contributed by atoms with van der Waals surface area (Å²) in [6, 6.07) is 19.9. The van der Waals surface area contributed by atoms with Crippen molar-refractivity contribution >= 4 is 10.9 Å². The van der Waals surface area contributed by atoms with E-state index < -0.39 is 0 Å². The molecule has 0 fully saturated rings. The van der Waals surface area contributed by atoms with Crippen molar-refractivity contribution in [3.05, 3.63) is 83.8 Å². The Hall–Kier alpha value is -1.73. The quantitative estimate of drug-likeness (QED) is 0.385. The third-order valence-corrected chi connectivity index (χ3v) is 6.29. The van der Waals surface area contributed by atoms with Crippen molar-refractivity contribution in [2.45, 2.75) is 63.2 Å². The fourth-order valence-electron chi connectivity index (χ4n) is 2.55. The SMILES string of the molecule is C=C/C=C(\CC)[S+](c1ccccc1)c1ccc(C(C)(C)C)cc1.CC. The molecule has 0 aliphatic carbocycles. The molecule has 0 bridgehead atoms. The number of benzene rings is 2. The predicted molar refractivity (Wildman–Crippen MR) is 115 cm³/mol. The molecule has 0 nitrogen and oxygen atoms in total. The second-order valence-corrected chi connectivity index (χ2v) is 8.70. The maximum absolute atomic E-state index is 3.89. The summed E-state index contributed by atoms with van der Waals surface area (Å²) in [5.41, 5.74) is 1.57. The minimum atomic E-state index is -0.0341. The van der Waals surface area contributed by atoms with Crippen molar-refractivity contribution < 1.29 is 0 Å². The number of hydrogen-bond acceptors (Lipinski definition) is 0. The Balaban J connectivity index is 0.00000151. The first kappa shape index (κ1) is 21.3. The van der Waals surface area contributed by atoms with Crippen LogP contribution in [0.5, 0.6) is 0 Å². The van der Waals surface area contributed by atoms with Gasteiger partial charge in [-0.25, -0.2) is 0 Å². The molecule has 2 rings (SSSR count). The Kier molecular flexibility index (Phi) is 8.78. The van der Waals surface area contributed by atoms with Crippen molar-refractivity contribution in [3.8, 4) is 0 Å². The molecule has 0 saturated carbocycles. The number of allylic oxidation sites excluding steroid dienone is 3. The highest BCUT2D eigenvalue weighted by molar-refractivity contribution is 8.00. The van der Waals surface area contributed by atoms with Crippen LogP contribution in [0.3, 0.4) is 0 Å². The molecule has 25 heavy (non-hydrogen) atoms. The normalized spacial score (nSPS) is 12.8. The summed E-state index contributed by atoms with van der Waals surface area (Å²) in [5.74, 6) is 0. The smallest absolute Gasteiger partial charge is 0.0989 e. The van der Waals surface area contributed by atoms with Gasteiger partial charge in [-0.1, -0.05) is 84.5 Å². The fourth-order valence-corrected chi connectivity index (χ4v) is 4.78. The number of hydrogen-bond donors (Lipinski definition) is 0. The van der Waals surface area contributed by atoms with Gasteiger partial charge in [0.2, 0.25) is 0 Å². The minimum Gasteiger partial charge on any atom is -0.0989 e. The number of rotatable bonds is 5. The largest absolute Gasteiger partial charge is 0.166 e. The van der Waals surface area contributed by atoms with Gasteiger partial charge in [0.05, 0.1) is 10.9 Å². The van der Waals surface area contributed by atoms with Crippen molar-refractivity contribution in [2.75, 3.05) is 0 Å². The van der Waals surface area contributed by atoms with E-state index in [2.05, 4.69) is 94.9 Å². The van der Waals surface area contributed by atoms with Crippen LogP contribution in [0.2, 0.25) is 0 Å². The van der Waals surface area contributed by atoms with E-state index in [1.165, 1.54) is 20.3 Å². The van der Waals surface area contributed by atoms with Crippen LogP contribution in [-0.4, -0.2) is 0 Å². The lowest BCUT2D eigenvalue weighted by Crippen LogP contribution is -2.12. The third-order valence-electron chi connectivity index (χ3n) is 3.85. The molecular weight excluding hydrogens is 320 g/mol. The van der Waals surface area contributed by atoms with E-state index in [0.29, 0.717) is 0 Å². The third kappa shape index (κ3) is 5.93. The molecule has 2 aromatic carbocycles. The van der Waals surface area contributed by atoms with Crippen molar-refractivity contribution in [2.24, 2.45) is 0 Å². The van der Waals surface area contributed by atoms with Crippen LogP contribution in [0.4, 0.5) is 0 Å². The van der Waals surface area contributed by atoms with E-state index >= 15 is 0 Å². The first-order valence-electron chi connectivity index (χ1n) is 9.19. The molecule has 2 aromatic rings. The molecule has 0 radical (unpaired) electrons. The van der Waals surface area contributed by atoms with Gasteiger partial charge in [-0.3, -0.25) is 0 Å². The highest BCUT2D eigenvalue weighted by Gasteiger charge is 2.29. The molecule has 0 aromatic heterocycles. The Morgan fingerprint density at radius 1 is 0.920 bits per heavy atom. The van der Waals surface area contributed by atoms with Crippen LogP contribution in [-0.2, 0) is 16.3 Å². The second kappa shape index (κ2) is 10.3. The molecule has 1 heteroatoms. The standard InChI is InChI=1S/C22H27S.C2H6/c1-6-11-19(7-2)23(20-12-9-8-10-13-20)21-16-14-18(15-17-21)22(3,4)5;1-2/h6,8-17H,1,7H2,2-5H3;1-2H3/q+1;/b19-11+;. The fraction of sp³-hybridized carbons (Fsp3) is 0.333. The first-order chi connectivity index (χ1) is 12.0. The Morgan fingerprint density at radius 2 is 1.44 bits per heavy atom. The summed E-state index contributed by atoms with van der Waals surface area (Å²) in [4.78, 5) is 4.17. The molecule has 0 heterocycles. The van der Waals surface area contributed by atoms with Gasteiger partial charge in [-0.15, -0.1) is 0 Å². The van der Waals surface area contributed by atoms with Crippen molar-refractivity contribution in [3.63, 3.8) is 0 Å². The highest BCUT2D eigenvalue weighted by Crippen LogP contribution is 2.33. The van der Waals surface area contributed by atoms with E-state index in [0.717, 1.165) is 6.42 Å². The first-order valence-corrected chi connectivity index (χ1v) is 10.4. The maximum atomic E-state index is 3.89. The highest BCUT2D eigenvalue weighted by atomic mass is 32.2.